The molecule has 0 radical (unpaired) electrons. The van der Waals surface area contributed by atoms with Crippen LogP contribution in [0.3, 0.4) is 0 Å². The van der Waals surface area contributed by atoms with E-state index in [1.165, 1.54) is 12.5 Å². The van der Waals surface area contributed by atoms with Crippen LogP contribution in [0.25, 0.3) is 0 Å². The molecule has 240 valence electrons. The minimum atomic E-state index is -1.63. The standard InChI is InChI=1S/C28H40N8O8/c1-3-15(2)23(36-24(39)18(29)9-16-7-5-4-6-8-16)27(42)35-21(13-37)26(41)33-19(11-22(30)38)25(40)34-20(28(43)44)10-17-12-31-14-32-17/h4-8,12,14-15,18-21,23,37H,3,9-11,13,29H2,1-2H3,(H2,30,38)(H,31,32)(H,33,41)(H,34,40)(H,35,42)(H,36,39)(H,43,44)/t15-,18-,19-,20-,21-,23-/m0/s1. The summed E-state index contributed by atoms with van der Waals surface area (Å²) in [6.45, 7) is 2.59. The van der Waals surface area contributed by atoms with Crippen molar-refractivity contribution in [3.8, 4) is 0 Å². The van der Waals surface area contributed by atoms with Crippen LogP contribution in [0, 0.1) is 5.92 Å². The number of aliphatic carboxylic acids is 1. The summed E-state index contributed by atoms with van der Waals surface area (Å²) in [6.07, 6.45) is 2.50. The first-order chi connectivity index (χ1) is 20.9. The Balaban J connectivity index is 2.11. The number of imidazole rings is 1. The lowest BCUT2D eigenvalue weighted by molar-refractivity contribution is -0.142. The molecule has 0 spiro atoms. The summed E-state index contributed by atoms with van der Waals surface area (Å²) in [4.78, 5) is 81.9. The average Bonchev–Trinajstić information content (AvgIpc) is 3.50. The Hall–Kier alpha value is -4.83. The Morgan fingerprint density at radius 3 is 2.05 bits per heavy atom. The molecule has 6 atom stereocenters. The number of aliphatic hydroxyl groups excluding tert-OH is 1. The molecule has 0 fully saturated rings. The van der Waals surface area contributed by atoms with Crippen molar-refractivity contribution in [2.75, 3.05) is 6.61 Å². The molecule has 0 bridgehead atoms. The number of amides is 5. The summed E-state index contributed by atoms with van der Waals surface area (Å²) in [5.41, 5.74) is 12.5. The normalized spacial score (nSPS) is 15.0. The van der Waals surface area contributed by atoms with Crippen molar-refractivity contribution in [1.29, 1.82) is 0 Å². The van der Waals surface area contributed by atoms with Crippen LogP contribution in [0.15, 0.2) is 42.9 Å². The van der Waals surface area contributed by atoms with Crippen LogP contribution >= 0.6 is 0 Å². The molecule has 0 aliphatic carbocycles. The van der Waals surface area contributed by atoms with E-state index in [0.29, 0.717) is 12.1 Å². The second kappa shape index (κ2) is 17.3. The van der Waals surface area contributed by atoms with E-state index < -0.39 is 84.7 Å². The lowest BCUT2D eigenvalue weighted by Gasteiger charge is -2.27. The van der Waals surface area contributed by atoms with E-state index in [1.54, 1.807) is 26.0 Å². The number of carboxylic acids is 1. The van der Waals surface area contributed by atoms with Crippen LogP contribution in [0.4, 0.5) is 0 Å². The van der Waals surface area contributed by atoms with Crippen LogP contribution in [0.5, 0.6) is 0 Å². The Labute approximate surface area is 253 Å². The number of aromatic nitrogens is 2. The van der Waals surface area contributed by atoms with Gasteiger partial charge in [0.15, 0.2) is 0 Å². The highest BCUT2D eigenvalue weighted by Gasteiger charge is 2.33. The summed E-state index contributed by atoms with van der Waals surface area (Å²) in [7, 11) is 0. The van der Waals surface area contributed by atoms with E-state index in [1.807, 2.05) is 18.2 Å². The fourth-order valence-corrected chi connectivity index (χ4v) is 4.15. The maximum atomic E-state index is 13.2. The number of hydrogen-bond acceptors (Lipinski definition) is 9. The highest BCUT2D eigenvalue weighted by atomic mass is 16.4. The third-order valence-corrected chi connectivity index (χ3v) is 6.88. The molecule has 0 saturated carbocycles. The molecule has 1 heterocycles. The topological polar surface area (TPSA) is 272 Å². The Morgan fingerprint density at radius 2 is 1.50 bits per heavy atom. The quantitative estimate of drug-likeness (QED) is 0.0846. The molecule has 0 unspecified atom stereocenters. The summed E-state index contributed by atoms with van der Waals surface area (Å²) in [5.74, 6) is -6.26. The summed E-state index contributed by atoms with van der Waals surface area (Å²) >= 11 is 0. The number of carbonyl (C=O) groups excluding carboxylic acids is 5. The van der Waals surface area contributed by atoms with Gasteiger partial charge in [0.1, 0.15) is 24.2 Å². The number of nitrogens with one attached hydrogen (secondary N) is 5. The molecular weight excluding hydrogens is 576 g/mol. The van der Waals surface area contributed by atoms with Gasteiger partial charge in [0.05, 0.1) is 25.4 Å². The fraction of sp³-hybridized carbons (Fsp3) is 0.464. The first kappa shape index (κ1) is 35.4. The predicted molar refractivity (Wildman–Crippen MR) is 156 cm³/mol. The van der Waals surface area contributed by atoms with E-state index in [9.17, 15) is 39.0 Å². The van der Waals surface area contributed by atoms with E-state index in [0.717, 1.165) is 5.56 Å². The highest BCUT2D eigenvalue weighted by molar-refractivity contribution is 5.97. The van der Waals surface area contributed by atoms with Crippen LogP contribution in [-0.4, -0.2) is 92.5 Å². The lowest BCUT2D eigenvalue weighted by atomic mass is 9.97. The monoisotopic (exact) mass is 616 g/mol. The Kier molecular flexibility index (Phi) is 13.9. The minimum Gasteiger partial charge on any atom is -0.480 e. The number of H-pyrrole nitrogens is 1. The van der Waals surface area contributed by atoms with E-state index in [4.69, 9.17) is 11.5 Å². The largest absolute Gasteiger partial charge is 0.480 e. The van der Waals surface area contributed by atoms with Gasteiger partial charge in [-0.25, -0.2) is 9.78 Å². The molecule has 2 aromatic rings. The highest BCUT2D eigenvalue weighted by Crippen LogP contribution is 2.10. The van der Waals surface area contributed by atoms with Crippen molar-refractivity contribution in [2.45, 2.75) is 69.7 Å². The van der Waals surface area contributed by atoms with Gasteiger partial charge >= 0.3 is 5.97 Å². The fourth-order valence-electron chi connectivity index (χ4n) is 4.15. The second-order valence-corrected chi connectivity index (χ2v) is 10.3. The smallest absolute Gasteiger partial charge is 0.326 e. The molecule has 0 aliphatic heterocycles. The number of benzene rings is 1. The van der Waals surface area contributed by atoms with Crippen molar-refractivity contribution in [2.24, 2.45) is 17.4 Å². The molecule has 44 heavy (non-hydrogen) atoms. The van der Waals surface area contributed by atoms with Crippen molar-refractivity contribution in [3.05, 3.63) is 54.1 Å². The molecule has 5 amide bonds. The number of nitrogens with zero attached hydrogens (tertiary/aromatic N) is 1. The number of carbonyl (C=O) groups is 6. The zero-order valence-corrected chi connectivity index (χ0v) is 24.5. The average molecular weight is 617 g/mol. The predicted octanol–water partition coefficient (Wildman–Crippen LogP) is -2.54. The number of carboxylic acid groups (broad SMARTS) is 1. The van der Waals surface area contributed by atoms with Gasteiger partial charge in [-0.3, -0.25) is 24.0 Å². The lowest BCUT2D eigenvalue weighted by Crippen LogP contribution is -2.60. The maximum absolute atomic E-state index is 13.2. The Bertz CT molecular complexity index is 1270. The number of aromatic amines is 1. The molecule has 0 saturated heterocycles. The molecule has 2 rings (SSSR count). The molecule has 1 aromatic heterocycles. The van der Waals surface area contributed by atoms with Gasteiger partial charge in [0.2, 0.25) is 29.5 Å². The molecular formula is C28H40N8O8. The third-order valence-electron chi connectivity index (χ3n) is 6.88. The van der Waals surface area contributed by atoms with Crippen LogP contribution < -0.4 is 32.7 Å². The zero-order chi connectivity index (χ0) is 32.8. The summed E-state index contributed by atoms with van der Waals surface area (Å²) < 4.78 is 0. The summed E-state index contributed by atoms with van der Waals surface area (Å²) in [6, 6.07) is 2.28. The number of rotatable bonds is 18. The van der Waals surface area contributed by atoms with E-state index >= 15 is 0 Å². The third kappa shape index (κ3) is 11.1. The van der Waals surface area contributed by atoms with Crippen molar-refractivity contribution in [1.82, 2.24) is 31.2 Å². The number of nitrogens with two attached hydrogens (primary N) is 2. The van der Waals surface area contributed by atoms with Crippen LogP contribution in [-0.2, 0) is 41.6 Å². The van der Waals surface area contributed by atoms with Gasteiger partial charge < -0.3 is 47.9 Å². The van der Waals surface area contributed by atoms with Gasteiger partial charge in [0, 0.05) is 18.3 Å². The molecule has 11 N–H and O–H groups in total. The first-order valence-electron chi connectivity index (χ1n) is 14.0. The molecule has 16 nitrogen and oxygen atoms in total. The van der Waals surface area contributed by atoms with Crippen molar-refractivity contribution >= 4 is 35.5 Å². The van der Waals surface area contributed by atoms with Gasteiger partial charge in [0.25, 0.3) is 0 Å². The first-order valence-corrected chi connectivity index (χ1v) is 14.0. The molecule has 0 aliphatic rings. The van der Waals surface area contributed by atoms with Gasteiger partial charge in [-0.15, -0.1) is 0 Å². The van der Waals surface area contributed by atoms with E-state index in [2.05, 4.69) is 31.2 Å². The maximum Gasteiger partial charge on any atom is 0.326 e. The van der Waals surface area contributed by atoms with Gasteiger partial charge in [-0.05, 0) is 17.9 Å². The zero-order valence-electron chi connectivity index (χ0n) is 24.5. The van der Waals surface area contributed by atoms with Crippen LogP contribution in [0.1, 0.15) is 37.9 Å². The number of hydrogen-bond donors (Lipinski definition) is 9. The SMILES string of the molecule is CC[C@H](C)[C@H](NC(=O)[C@@H](N)Cc1ccccc1)C(=O)N[C@@H](CO)C(=O)N[C@@H](CC(N)=O)C(=O)N[C@@H](Cc1cnc[nH]1)C(=O)O. The molecule has 1 aromatic carbocycles. The summed E-state index contributed by atoms with van der Waals surface area (Å²) in [5, 5.41) is 28.9. The number of primary amides is 1. The van der Waals surface area contributed by atoms with Gasteiger partial charge in [-0.2, -0.15) is 0 Å². The van der Waals surface area contributed by atoms with E-state index in [-0.39, 0.29) is 12.8 Å². The number of aliphatic hydroxyl groups is 1. The Morgan fingerprint density at radius 1 is 0.886 bits per heavy atom. The van der Waals surface area contributed by atoms with Crippen LogP contribution in [0.2, 0.25) is 0 Å². The van der Waals surface area contributed by atoms with Crippen molar-refractivity contribution in [3.63, 3.8) is 0 Å². The minimum absolute atomic E-state index is 0.175. The second-order valence-electron chi connectivity index (χ2n) is 10.3. The van der Waals surface area contributed by atoms with Crippen molar-refractivity contribution < 1.29 is 39.0 Å². The van der Waals surface area contributed by atoms with Gasteiger partial charge in [-0.1, -0.05) is 50.6 Å². The molecule has 16 heteroatoms.